The normalized spacial score (nSPS) is 11.8. The Bertz CT molecular complexity index is 1160. The molecule has 6 nitrogen and oxygen atoms in total. The fourth-order valence-electron chi connectivity index (χ4n) is 3.32. The molecule has 32 heavy (non-hydrogen) atoms. The number of ether oxygens (including phenoxy) is 1. The third-order valence-corrected chi connectivity index (χ3v) is 6.00. The molecule has 0 spiro atoms. The maximum atomic E-state index is 13.0. The van der Waals surface area contributed by atoms with Crippen LogP contribution in [0.3, 0.4) is 0 Å². The van der Waals surface area contributed by atoms with Crippen molar-refractivity contribution in [1.29, 1.82) is 0 Å². The first kappa shape index (κ1) is 21.8. The molecule has 1 unspecified atom stereocenters. The number of ketones is 1. The molecule has 2 heterocycles. The van der Waals surface area contributed by atoms with Gasteiger partial charge in [0.1, 0.15) is 5.75 Å². The zero-order valence-corrected chi connectivity index (χ0v) is 18.8. The molecule has 2 aromatic heterocycles. The third kappa shape index (κ3) is 5.06. The molecular formula is C25H24N4O2S. The predicted octanol–water partition coefficient (Wildman–Crippen LogP) is 5.15. The highest BCUT2D eigenvalue weighted by Crippen LogP contribution is 2.29. The molecule has 0 saturated carbocycles. The number of aromatic nitrogens is 4. The van der Waals surface area contributed by atoms with E-state index in [1.54, 1.807) is 24.5 Å². The number of carbonyl (C=O) groups is 1. The molecular weight excluding hydrogens is 420 g/mol. The van der Waals surface area contributed by atoms with Gasteiger partial charge in [-0.15, -0.1) is 10.2 Å². The predicted molar refractivity (Wildman–Crippen MR) is 126 cm³/mol. The van der Waals surface area contributed by atoms with Gasteiger partial charge in [0.2, 0.25) is 0 Å². The first-order valence-corrected chi connectivity index (χ1v) is 11.3. The van der Waals surface area contributed by atoms with Crippen molar-refractivity contribution in [3.05, 3.63) is 90.3 Å². The summed E-state index contributed by atoms with van der Waals surface area (Å²) in [5.74, 6) is 1.52. The number of benzene rings is 2. The second-order valence-corrected chi connectivity index (χ2v) is 8.51. The second-order valence-electron chi connectivity index (χ2n) is 7.20. The highest BCUT2D eigenvalue weighted by atomic mass is 32.2. The van der Waals surface area contributed by atoms with Crippen molar-refractivity contribution in [3.63, 3.8) is 0 Å². The minimum Gasteiger partial charge on any atom is -0.494 e. The van der Waals surface area contributed by atoms with Crippen molar-refractivity contribution in [2.75, 3.05) is 6.61 Å². The van der Waals surface area contributed by atoms with Crippen molar-refractivity contribution in [1.82, 2.24) is 19.7 Å². The van der Waals surface area contributed by atoms with Crippen LogP contribution in [-0.4, -0.2) is 37.4 Å². The summed E-state index contributed by atoms with van der Waals surface area (Å²) in [4.78, 5) is 17.3. The van der Waals surface area contributed by atoms with Crippen molar-refractivity contribution < 1.29 is 9.53 Å². The fraction of sp³-hybridized carbons (Fsp3) is 0.200. The summed E-state index contributed by atoms with van der Waals surface area (Å²) < 4.78 is 7.51. The Morgan fingerprint density at radius 2 is 1.81 bits per heavy atom. The Morgan fingerprint density at radius 3 is 2.50 bits per heavy atom. The molecule has 0 bridgehead atoms. The van der Waals surface area contributed by atoms with Crippen molar-refractivity contribution in [2.45, 2.75) is 30.8 Å². The Labute approximate surface area is 191 Å². The number of hydrogen-bond acceptors (Lipinski definition) is 6. The van der Waals surface area contributed by atoms with E-state index in [-0.39, 0.29) is 11.0 Å². The lowest BCUT2D eigenvalue weighted by atomic mass is 10.1. The summed E-state index contributed by atoms with van der Waals surface area (Å²) >= 11 is 1.41. The Morgan fingerprint density at radius 1 is 1.03 bits per heavy atom. The molecule has 0 radical (unpaired) electrons. The number of rotatable bonds is 9. The second kappa shape index (κ2) is 10.2. The first-order chi connectivity index (χ1) is 15.7. The van der Waals surface area contributed by atoms with Gasteiger partial charge in [0.05, 0.1) is 18.4 Å². The number of pyridine rings is 1. The lowest BCUT2D eigenvalue weighted by molar-refractivity contribution is 0.0994. The average molecular weight is 445 g/mol. The molecule has 7 heteroatoms. The molecule has 0 N–H and O–H groups in total. The van der Waals surface area contributed by atoms with Crippen LogP contribution in [-0.2, 0) is 6.54 Å². The first-order valence-electron chi connectivity index (χ1n) is 10.5. The van der Waals surface area contributed by atoms with E-state index in [0.717, 1.165) is 22.7 Å². The topological polar surface area (TPSA) is 69.9 Å². The van der Waals surface area contributed by atoms with Crippen LogP contribution in [0.2, 0.25) is 0 Å². The number of carbonyl (C=O) groups excluding carboxylic acids is 1. The van der Waals surface area contributed by atoms with Gasteiger partial charge in [-0.1, -0.05) is 42.1 Å². The highest BCUT2D eigenvalue weighted by molar-refractivity contribution is 8.00. The van der Waals surface area contributed by atoms with E-state index in [1.807, 2.05) is 60.9 Å². The van der Waals surface area contributed by atoms with Crippen LogP contribution in [0.4, 0.5) is 0 Å². The van der Waals surface area contributed by atoms with Crippen LogP contribution in [0.5, 0.6) is 5.75 Å². The average Bonchev–Trinajstić information content (AvgIpc) is 3.22. The summed E-state index contributed by atoms with van der Waals surface area (Å²) in [6.07, 6.45) is 3.50. The molecule has 0 saturated heterocycles. The highest BCUT2D eigenvalue weighted by Gasteiger charge is 2.22. The van der Waals surface area contributed by atoms with Crippen LogP contribution >= 0.6 is 11.8 Å². The zero-order chi connectivity index (χ0) is 22.3. The summed E-state index contributed by atoms with van der Waals surface area (Å²) in [5.41, 5.74) is 2.66. The SMILES string of the molecule is CCOc1ccc(C(=O)C(C)Sc2nnc(-c3cccnc3)n2Cc2ccccc2)cc1. The molecule has 4 aromatic rings. The van der Waals surface area contributed by atoms with Crippen molar-refractivity contribution >= 4 is 17.5 Å². The van der Waals surface area contributed by atoms with Gasteiger partial charge in [-0.25, -0.2) is 0 Å². The standard InChI is InChI=1S/C25H24N4O2S/c1-3-31-22-13-11-20(12-14-22)23(30)18(2)32-25-28-27-24(21-10-7-15-26-16-21)29(25)17-19-8-5-4-6-9-19/h4-16,18H,3,17H2,1-2H3. The quantitative estimate of drug-likeness (QED) is 0.263. The van der Waals surface area contributed by atoms with E-state index >= 15 is 0 Å². The van der Waals surface area contributed by atoms with Crippen LogP contribution in [0.25, 0.3) is 11.4 Å². The summed E-state index contributed by atoms with van der Waals surface area (Å²) in [5, 5.41) is 9.21. The number of hydrogen-bond donors (Lipinski definition) is 0. The van der Waals surface area contributed by atoms with Crippen LogP contribution in [0.1, 0.15) is 29.8 Å². The Balaban J connectivity index is 1.59. The Kier molecular flexibility index (Phi) is 6.97. The molecule has 0 aliphatic heterocycles. The smallest absolute Gasteiger partial charge is 0.192 e. The van der Waals surface area contributed by atoms with Gasteiger partial charge in [0.25, 0.3) is 0 Å². The van der Waals surface area contributed by atoms with Gasteiger partial charge in [-0.2, -0.15) is 0 Å². The molecule has 1 atom stereocenters. The minimum absolute atomic E-state index is 0.0373. The number of thioether (sulfide) groups is 1. The van der Waals surface area contributed by atoms with Crippen LogP contribution in [0, 0.1) is 0 Å². The fourth-order valence-corrected chi connectivity index (χ4v) is 4.25. The lowest BCUT2D eigenvalue weighted by Crippen LogP contribution is -2.15. The molecule has 0 amide bonds. The monoisotopic (exact) mass is 444 g/mol. The lowest BCUT2D eigenvalue weighted by Gasteiger charge is -2.13. The van der Waals surface area contributed by atoms with Crippen LogP contribution in [0.15, 0.2) is 84.3 Å². The van der Waals surface area contributed by atoms with Gasteiger partial charge in [0.15, 0.2) is 16.8 Å². The molecule has 4 rings (SSSR count). The van der Waals surface area contributed by atoms with Crippen LogP contribution < -0.4 is 4.74 Å². The maximum absolute atomic E-state index is 13.0. The Hall–Kier alpha value is -3.45. The summed E-state index contributed by atoms with van der Waals surface area (Å²) in [6, 6.07) is 21.2. The molecule has 0 aliphatic rings. The van der Waals surface area contributed by atoms with E-state index in [1.165, 1.54) is 11.8 Å². The summed E-state index contributed by atoms with van der Waals surface area (Å²) in [6.45, 7) is 5.03. The molecule has 0 aliphatic carbocycles. The van der Waals surface area contributed by atoms with E-state index in [9.17, 15) is 4.79 Å². The van der Waals surface area contributed by atoms with Crippen molar-refractivity contribution in [3.8, 4) is 17.1 Å². The van der Waals surface area contributed by atoms with Gasteiger partial charge >= 0.3 is 0 Å². The van der Waals surface area contributed by atoms with Gasteiger partial charge in [-0.05, 0) is 55.8 Å². The minimum atomic E-state index is -0.326. The molecule has 2 aromatic carbocycles. The molecule has 162 valence electrons. The van der Waals surface area contributed by atoms with Gasteiger partial charge in [0, 0.05) is 23.5 Å². The molecule has 0 fully saturated rings. The summed E-state index contributed by atoms with van der Waals surface area (Å²) in [7, 11) is 0. The maximum Gasteiger partial charge on any atom is 0.192 e. The third-order valence-electron chi connectivity index (χ3n) is 4.92. The van der Waals surface area contributed by atoms with Gasteiger partial charge in [-0.3, -0.25) is 14.3 Å². The van der Waals surface area contributed by atoms with Crippen molar-refractivity contribution in [2.24, 2.45) is 0 Å². The zero-order valence-electron chi connectivity index (χ0n) is 18.0. The van der Waals surface area contributed by atoms with E-state index in [4.69, 9.17) is 4.74 Å². The largest absolute Gasteiger partial charge is 0.494 e. The number of Topliss-reactive ketones (excluding diaryl/α,β-unsaturated/α-hetero) is 1. The number of nitrogens with zero attached hydrogens (tertiary/aromatic N) is 4. The van der Waals surface area contributed by atoms with E-state index in [0.29, 0.717) is 23.9 Å². The van der Waals surface area contributed by atoms with Gasteiger partial charge < -0.3 is 4.74 Å². The van der Waals surface area contributed by atoms with E-state index in [2.05, 4.69) is 27.3 Å². The van der Waals surface area contributed by atoms with E-state index < -0.39 is 0 Å².